The summed E-state index contributed by atoms with van der Waals surface area (Å²) in [4.78, 5) is 26.2. The lowest BCUT2D eigenvalue weighted by Gasteiger charge is -2.24. The summed E-state index contributed by atoms with van der Waals surface area (Å²) in [7, 11) is 0. The van der Waals surface area contributed by atoms with Gasteiger partial charge in [0.25, 0.3) is 5.91 Å². The molecule has 0 N–H and O–H groups in total. The van der Waals surface area contributed by atoms with Crippen molar-refractivity contribution in [3.05, 3.63) is 29.8 Å². The highest BCUT2D eigenvalue weighted by Gasteiger charge is 2.33. The Morgan fingerprint density at radius 2 is 2.12 bits per heavy atom. The molecule has 1 aliphatic rings. The standard InChI is InChI=1S/C16H19F3N2O3/c1-2-3-7-20(11-16(17,18)19)14(22)12-5-4-6-13(10-12)21-8-9-24-15(21)23/h4-6,10H,2-3,7-9,11H2,1H3. The monoisotopic (exact) mass is 344 g/mol. The van der Waals surface area contributed by atoms with Crippen LogP contribution >= 0.6 is 0 Å². The highest BCUT2D eigenvalue weighted by Crippen LogP contribution is 2.23. The van der Waals surface area contributed by atoms with Crippen molar-refractivity contribution in [2.24, 2.45) is 0 Å². The van der Waals surface area contributed by atoms with Crippen molar-refractivity contribution < 1.29 is 27.5 Å². The number of carbonyl (C=O) groups is 2. The van der Waals surface area contributed by atoms with E-state index in [4.69, 9.17) is 4.74 Å². The smallest absolute Gasteiger partial charge is 0.414 e. The average molecular weight is 344 g/mol. The van der Waals surface area contributed by atoms with Crippen LogP contribution in [0.1, 0.15) is 30.1 Å². The van der Waals surface area contributed by atoms with Gasteiger partial charge in [0.2, 0.25) is 0 Å². The van der Waals surface area contributed by atoms with E-state index < -0.39 is 24.7 Å². The van der Waals surface area contributed by atoms with Gasteiger partial charge < -0.3 is 9.64 Å². The van der Waals surface area contributed by atoms with E-state index in [2.05, 4.69) is 0 Å². The summed E-state index contributed by atoms with van der Waals surface area (Å²) in [6.45, 7) is 1.18. The van der Waals surface area contributed by atoms with E-state index in [-0.39, 0.29) is 18.7 Å². The van der Waals surface area contributed by atoms with Gasteiger partial charge in [0.1, 0.15) is 13.2 Å². The molecule has 2 amide bonds. The summed E-state index contributed by atoms with van der Waals surface area (Å²) in [5.41, 5.74) is 0.554. The minimum atomic E-state index is -4.46. The first-order valence-corrected chi connectivity index (χ1v) is 7.72. The van der Waals surface area contributed by atoms with Gasteiger partial charge in [0.05, 0.1) is 6.54 Å². The molecule has 0 aliphatic carbocycles. The van der Waals surface area contributed by atoms with Crippen LogP contribution in [0, 0.1) is 0 Å². The molecule has 1 fully saturated rings. The van der Waals surface area contributed by atoms with Gasteiger partial charge >= 0.3 is 12.3 Å². The third-order valence-corrected chi connectivity index (χ3v) is 3.60. The number of unbranched alkanes of at least 4 members (excludes halogenated alkanes) is 1. The maximum Gasteiger partial charge on any atom is 0.414 e. The molecule has 0 spiro atoms. The van der Waals surface area contributed by atoms with Crippen LogP contribution < -0.4 is 4.90 Å². The lowest BCUT2D eigenvalue weighted by atomic mass is 10.1. The number of rotatable bonds is 6. The number of halogens is 3. The van der Waals surface area contributed by atoms with Crippen LogP contribution in [-0.4, -0.2) is 49.3 Å². The fourth-order valence-electron chi connectivity index (χ4n) is 2.44. The number of amides is 2. The van der Waals surface area contributed by atoms with Crippen molar-refractivity contribution in [1.29, 1.82) is 0 Å². The molecule has 8 heteroatoms. The molecule has 1 aromatic carbocycles. The molecule has 1 aromatic rings. The van der Waals surface area contributed by atoms with E-state index in [1.165, 1.54) is 17.0 Å². The van der Waals surface area contributed by atoms with E-state index in [1.54, 1.807) is 12.1 Å². The van der Waals surface area contributed by atoms with Crippen molar-refractivity contribution in [1.82, 2.24) is 4.90 Å². The van der Waals surface area contributed by atoms with Crippen LogP contribution in [0.3, 0.4) is 0 Å². The normalized spacial score (nSPS) is 14.7. The topological polar surface area (TPSA) is 49.9 Å². The first-order chi connectivity index (χ1) is 11.3. The third kappa shape index (κ3) is 4.62. The zero-order chi connectivity index (χ0) is 17.7. The SMILES string of the molecule is CCCCN(CC(F)(F)F)C(=O)c1cccc(N2CCOC2=O)c1. The number of carbonyl (C=O) groups excluding carboxylic acids is 2. The van der Waals surface area contributed by atoms with Crippen molar-refractivity contribution in [2.45, 2.75) is 25.9 Å². The minimum Gasteiger partial charge on any atom is -0.447 e. The number of nitrogens with zero attached hydrogens (tertiary/aromatic N) is 2. The zero-order valence-corrected chi connectivity index (χ0v) is 13.3. The third-order valence-electron chi connectivity index (χ3n) is 3.60. The Balaban J connectivity index is 2.20. The van der Waals surface area contributed by atoms with Gasteiger partial charge in [-0.25, -0.2) is 4.79 Å². The first-order valence-electron chi connectivity index (χ1n) is 7.72. The molecule has 132 valence electrons. The van der Waals surface area contributed by atoms with Crippen LogP contribution in [0.25, 0.3) is 0 Å². The lowest BCUT2D eigenvalue weighted by Crippen LogP contribution is -2.39. The largest absolute Gasteiger partial charge is 0.447 e. The van der Waals surface area contributed by atoms with Crippen molar-refractivity contribution in [3.8, 4) is 0 Å². The molecule has 1 heterocycles. The molecule has 24 heavy (non-hydrogen) atoms. The molecule has 2 rings (SSSR count). The van der Waals surface area contributed by atoms with Crippen LogP contribution in [0.15, 0.2) is 24.3 Å². The molecule has 0 radical (unpaired) electrons. The number of cyclic esters (lactones) is 1. The second-order valence-electron chi connectivity index (χ2n) is 5.51. The molecule has 0 atom stereocenters. The highest BCUT2D eigenvalue weighted by molar-refractivity contribution is 5.97. The molecule has 0 unspecified atom stereocenters. The molecule has 0 saturated carbocycles. The van der Waals surface area contributed by atoms with Gasteiger partial charge in [-0.3, -0.25) is 9.69 Å². The summed E-state index contributed by atoms with van der Waals surface area (Å²) in [5.74, 6) is -0.699. The van der Waals surface area contributed by atoms with Crippen molar-refractivity contribution in [2.75, 3.05) is 31.1 Å². The Bertz CT molecular complexity index is 604. The predicted octanol–water partition coefficient (Wildman–Crippen LogP) is 3.45. The Labute approximate surface area is 138 Å². The predicted molar refractivity (Wildman–Crippen MR) is 82.0 cm³/mol. The molecule has 1 saturated heterocycles. The maximum absolute atomic E-state index is 12.7. The summed E-state index contributed by atoms with van der Waals surface area (Å²) < 4.78 is 43.0. The number of alkyl halides is 3. The van der Waals surface area contributed by atoms with E-state index in [0.29, 0.717) is 25.1 Å². The summed E-state index contributed by atoms with van der Waals surface area (Å²) in [6, 6.07) is 6.02. The van der Waals surface area contributed by atoms with Gasteiger partial charge in [-0.2, -0.15) is 13.2 Å². The fraction of sp³-hybridized carbons (Fsp3) is 0.500. The van der Waals surface area contributed by atoms with Crippen LogP contribution in [0.2, 0.25) is 0 Å². The van der Waals surface area contributed by atoms with Crippen LogP contribution in [0.5, 0.6) is 0 Å². The van der Waals surface area contributed by atoms with E-state index in [9.17, 15) is 22.8 Å². The van der Waals surface area contributed by atoms with Crippen LogP contribution in [0.4, 0.5) is 23.7 Å². The van der Waals surface area contributed by atoms with Crippen LogP contribution in [-0.2, 0) is 4.74 Å². The molecule has 5 nitrogen and oxygen atoms in total. The number of hydrogen-bond donors (Lipinski definition) is 0. The number of ether oxygens (including phenoxy) is 1. The lowest BCUT2D eigenvalue weighted by molar-refractivity contribution is -0.140. The summed E-state index contributed by atoms with van der Waals surface area (Å²) in [6.07, 6.45) is -3.82. The zero-order valence-electron chi connectivity index (χ0n) is 13.3. The number of anilines is 1. The second kappa shape index (κ2) is 7.55. The van der Waals surface area contributed by atoms with Gasteiger partial charge in [-0.05, 0) is 24.6 Å². The molecule has 0 bridgehead atoms. The molecule has 0 aromatic heterocycles. The Kier molecular flexibility index (Phi) is 5.69. The van der Waals surface area contributed by atoms with Crippen molar-refractivity contribution >= 4 is 17.7 Å². The van der Waals surface area contributed by atoms with Crippen molar-refractivity contribution in [3.63, 3.8) is 0 Å². The quantitative estimate of drug-likeness (QED) is 0.794. The molecular formula is C16H19F3N2O3. The fourth-order valence-corrected chi connectivity index (χ4v) is 2.44. The first kappa shape index (κ1) is 18.1. The maximum atomic E-state index is 12.7. The summed E-state index contributed by atoms with van der Waals surface area (Å²) in [5, 5.41) is 0. The Morgan fingerprint density at radius 1 is 1.38 bits per heavy atom. The Hall–Kier alpha value is -2.25. The second-order valence-corrected chi connectivity index (χ2v) is 5.51. The van der Waals surface area contributed by atoms with E-state index in [1.807, 2.05) is 6.92 Å². The Morgan fingerprint density at radius 3 is 2.71 bits per heavy atom. The summed E-state index contributed by atoms with van der Waals surface area (Å²) >= 11 is 0. The highest BCUT2D eigenvalue weighted by atomic mass is 19.4. The number of benzene rings is 1. The van der Waals surface area contributed by atoms with E-state index >= 15 is 0 Å². The van der Waals surface area contributed by atoms with Gasteiger partial charge in [0, 0.05) is 17.8 Å². The minimum absolute atomic E-state index is 0.0326. The van der Waals surface area contributed by atoms with Gasteiger partial charge in [0.15, 0.2) is 0 Å². The molecule has 1 aliphatic heterocycles. The van der Waals surface area contributed by atoms with Gasteiger partial charge in [-0.1, -0.05) is 19.4 Å². The van der Waals surface area contributed by atoms with Gasteiger partial charge in [-0.15, -0.1) is 0 Å². The average Bonchev–Trinajstić information content (AvgIpc) is 2.96. The van der Waals surface area contributed by atoms with E-state index in [0.717, 1.165) is 4.90 Å². The molecular weight excluding hydrogens is 325 g/mol. The number of hydrogen-bond acceptors (Lipinski definition) is 3.